The molecule has 5 atom stereocenters. The van der Waals surface area contributed by atoms with Gasteiger partial charge in [0, 0.05) is 18.5 Å². The van der Waals surface area contributed by atoms with Crippen LogP contribution < -0.4 is 0 Å². The molecular weight excluding hydrogens is 181 g/mol. The highest BCUT2D eigenvalue weighted by Crippen LogP contribution is 2.55. The second-order valence-corrected chi connectivity index (χ2v) is 6.36. The molecule has 13 heavy (non-hydrogen) atoms. The summed E-state index contributed by atoms with van der Waals surface area (Å²) in [6.07, 6.45) is 5.83. The van der Waals surface area contributed by atoms with E-state index in [1.807, 2.05) is 0 Å². The summed E-state index contributed by atoms with van der Waals surface area (Å²) in [7, 11) is -0.224. The Balaban J connectivity index is 1.85. The van der Waals surface area contributed by atoms with Crippen molar-refractivity contribution in [2.24, 2.45) is 11.8 Å². The Labute approximate surface area is 81.5 Å². The zero-order chi connectivity index (χ0) is 8.84. The van der Waals surface area contributed by atoms with Gasteiger partial charge in [-0.15, -0.1) is 0 Å². The Morgan fingerprint density at radius 2 is 2.15 bits per heavy atom. The van der Waals surface area contributed by atoms with Crippen LogP contribution >= 0.6 is 8.30 Å². The summed E-state index contributed by atoms with van der Waals surface area (Å²) in [6.45, 7) is 4.68. The molecule has 0 spiro atoms. The molecule has 0 amide bonds. The highest BCUT2D eigenvalue weighted by Gasteiger charge is 2.47. The third-order valence-electron chi connectivity index (χ3n) is 4.03. The van der Waals surface area contributed by atoms with Gasteiger partial charge in [0.25, 0.3) is 0 Å². The fourth-order valence-electron chi connectivity index (χ4n) is 3.35. The Bertz CT molecular complexity index is 209. The highest BCUT2D eigenvalue weighted by atomic mass is 31.2. The van der Waals surface area contributed by atoms with Crippen molar-refractivity contribution in [3.05, 3.63) is 0 Å². The van der Waals surface area contributed by atoms with Crippen molar-refractivity contribution in [1.29, 1.82) is 0 Å². The van der Waals surface area contributed by atoms with Gasteiger partial charge in [0.05, 0.1) is 6.61 Å². The van der Waals surface area contributed by atoms with Crippen molar-refractivity contribution in [3.8, 4) is 0 Å². The van der Waals surface area contributed by atoms with Crippen molar-refractivity contribution in [3.63, 3.8) is 0 Å². The molecule has 0 N–H and O–H groups in total. The predicted octanol–water partition coefficient (Wildman–Crippen LogP) is 2.45. The van der Waals surface area contributed by atoms with E-state index < -0.39 is 0 Å². The van der Waals surface area contributed by atoms with Crippen molar-refractivity contribution in [2.75, 3.05) is 19.8 Å². The topological polar surface area (TPSA) is 12.5 Å². The molecular formula is C10H18NOP. The molecule has 1 aliphatic carbocycles. The molecule has 0 aromatic heterocycles. The summed E-state index contributed by atoms with van der Waals surface area (Å²) in [5.41, 5.74) is 0. The fraction of sp³-hybridized carbons (Fsp3) is 1.00. The smallest absolute Gasteiger partial charge is 0.101 e. The molecule has 3 aliphatic rings. The van der Waals surface area contributed by atoms with Gasteiger partial charge in [0.1, 0.15) is 8.30 Å². The molecule has 2 heterocycles. The maximum atomic E-state index is 5.85. The largest absolute Gasteiger partial charge is 0.343 e. The van der Waals surface area contributed by atoms with Crippen LogP contribution in [0.3, 0.4) is 0 Å². The van der Waals surface area contributed by atoms with E-state index in [1.54, 1.807) is 0 Å². The van der Waals surface area contributed by atoms with Crippen LogP contribution in [0.15, 0.2) is 0 Å². The minimum Gasteiger partial charge on any atom is -0.343 e. The third kappa shape index (κ3) is 1.26. The van der Waals surface area contributed by atoms with E-state index in [0.29, 0.717) is 0 Å². The van der Waals surface area contributed by atoms with E-state index in [4.69, 9.17) is 4.52 Å². The van der Waals surface area contributed by atoms with Crippen molar-refractivity contribution < 1.29 is 4.52 Å². The highest BCUT2D eigenvalue weighted by molar-refractivity contribution is 7.49. The van der Waals surface area contributed by atoms with Gasteiger partial charge in [-0.1, -0.05) is 12.8 Å². The van der Waals surface area contributed by atoms with Crippen LogP contribution in [0.2, 0.25) is 0 Å². The first kappa shape index (κ1) is 8.64. The quantitative estimate of drug-likeness (QED) is 0.556. The average molecular weight is 199 g/mol. The Morgan fingerprint density at radius 3 is 3.08 bits per heavy atom. The average Bonchev–Trinajstić information content (AvgIpc) is 2.48. The molecule has 2 saturated heterocycles. The van der Waals surface area contributed by atoms with Gasteiger partial charge in [0.15, 0.2) is 0 Å². The zero-order valence-corrected chi connectivity index (χ0v) is 9.17. The summed E-state index contributed by atoms with van der Waals surface area (Å²) in [4.78, 5) is 0. The Hall–Kier alpha value is 0.350. The monoisotopic (exact) mass is 199 g/mol. The molecule has 2 bridgehead atoms. The third-order valence-corrected chi connectivity index (χ3v) is 5.73. The van der Waals surface area contributed by atoms with Crippen molar-refractivity contribution in [1.82, 2.24) is 4.67 Å². The van der Waals surface area contributed by atoms with Gasteiger partial charge in [0.2, 0.25) is 0 Å². The van der Waals surface area contributed by atoms with Crippen molar-refractivity contribution in [2.45, 2.75) is 31.7 Å². The summed E-state index contributed by atoms with van der Waals surface area (Å²) < 4.78 is 8.52. The number of hydrogen-bond donors (Lipinski definition) is 0. The molecule has 0 aromatic rings. The van der Waals surface area contributed by atoms with E-state index in [0.717, 1.165) is 24.5 Å². The van der Waals surface area contributed by atoms with Gasteiger partial charge < -0.3 is 4.52 Å². The first-order valence-electron chi connectivity index (χ1n) is 5.49. The van der Waals surface area contributed by atoms with Crippen LogP contribution in [-0.2, 0) is 4.52 Å². The number of rotatable bonds is 0. The minimum atomic E-state index is -0.224. The zero-order valence-electron chi connectivity index (χ0n) is 8.28. The molecule has 2 aliphatic heterocycles. The summed E-state index contributed by atoms with van der Waals surface area (Å²) in [5, 5.41) is 0. The van der Waals surface area contributed by atoms with Gasteiger partial charge >= 0.3 is 0 Å². The second-order valence-electron chi connectivity index (χ2n) is 4.66. The van der Waals surface area contributed by atoms with E-state index in [-0.39, 0.29) is 8.30 Å². The van der Waals surface area contributed by atoms with Gasteiger partial charge in [-0.05, 0) is 25.4 Å². The lowest BCUT2D eigenvalue weighted by Gasteiger charge is -2.33. The molecule has 3 fully saturated rings. The number of nitrogens with zero attached hydrogens (tertiary/aromatic N) is 1. The maximum absolute atomic E-state index is 5.85. The lowest BCUT2D eigenvalue weighted by atomic mass is 9.80. The summed E-state index contributed by atoms with van der Waals surface area (Å²) in [6, 6.07) is 0.900. The first-order chi connectivity index (χ1) is 6.36. The minimum absolute atomic E-state index is 0.224. The lowest BCUT2D eigenvalue weighted by Crippen LogP contribution is -2.30. The molecule has 0 radical (unpaired) electrons. The molecule has 1 saturated carbocycles. The van der Waals surface area contributed by atoms with Gasteiger partial charge in [-0.25, -0.2) is 0 Å². The van der Waals surface area contributed by atoms with Crippen LogP contribution in [0.25, 0.3) is 0 Å². The van der Waals surface area contributed by atoms with Crippen LogP contribution in [0.1, 0.15) is 25.7 Å². The normalized spacial score (nSPS) is 54.7. The van der Waals surface area contributed by atoms with Crippen LogP contribution in [0.5, 0.6) is 0 Å². The SMILES string of the molecule is CP1OC[C@@H]2CN1[C@H]1CCCC[C@@H]21. The lowest BCUT2D eigenvalue weighted by molar-refractivity contribution is 0.208. The summed E-state index contributed by atoms with van der Waals surface area (Å²) in [5.74, 6) is 1.87. The van der Waals surface area contributed by atoms with Crippen LogP contribution in [0, 0.1) is 11.8 Å². The van der Waals surface area contributed by atoms with Crippen LogP contribution in [0.4, 0.5) is 0 Å². The van der Waals surface area contributed by atoms with Gasteiger partial charge in [-0.3, -0.25) is 4.67 Å². The molecule has 74 valence electrons. The van der Waals surface area contributed by atoms with Crippen LogP contribution in [-0.4, -0.2) is 30.5 Å². The van der Waals surface area contributed by atoms with Gasteiger partial charge in [-0.2, -0.15) is 0 Å². The van der Waals surface area contributed by atoms with Crippen molar-refractivity contribution >= 4 is 8.30 Å². The summed E-state index contributed by atoms with van der Waals surface area (Å²) >= 11 is 0. The maximum Gasteiger partial charge on any atom is 0.101 e. The molecule has 2 unspecified atom stereocenters. The van der Waals surface area contributed by atoms with E-state index in [9.17, 15) is 0 Å². The number of hydrogen-bond acceptors (Lipinski definition) is 2. The first-order valence-corrected chi connectivity index (χ1v) is 7.15. The molecule has 3 rings (SSSR count). The molecule has 0 aromatic carbocycles. The number of fused-ring (bicyclic) bond motifs is 5. The van der Waals surface area contributed by atoms with E-state index in [2.05, 4.69) is 11.3 Å². The second kappa shape index (κ2) is 3.18. The standard InChI is InChI=1S/C10H18NOP/c1-13-11-6-8(7-12-13)9-4-2-3-5-10(9)11/h8-10H,2-7H2,1H3/t8-,9-,10-,13?/m0/s1. The van der Waals surface area contributed by atoms with E-state index in [1.165, 1.54) is 32.2 Å². The predicted molar refractivity (Wildman–Crippen MR) is 54.7 cm³/mol. The molecule has 2 nitrogen and oxygen atoms in total. The Morgan fingerprint density at radius 1 is 1.31 bits per heavy atom. The fourth-order valence-corrected chi connectivity index (χ4v) is 5.05. The molecule has 3 heteroatoms. The van der Waals surface area contributed by atoms with E-state index >= 15 is 0 Å². The Kier molecular flexibility index (Phi) is 2.12.